The zero-order valence-electron chi connectivity index (χ0n) is 25.6. The van der Waals surface area contributed by atoms with Gasteiger partial charge in [-0.25, -0.2) is 0 Å². The standard InChI is InChI=1S/C34H41N3O6S/c1-6-17-35(23-11-15-26(16-12-23)43-8-3)31(39)28-27-21-22(4)34(44-27)29(28)32(40)37(19-20-38)30(34)33(41)36(18-7-2)24-9-13-25(42-5)14-10-24/h6-7,9-16,22,27-30,38H,1-2,8,17-21H2,3-5H3/t22?,27-,28+,29-,30?,34?/m0/s1. The van der Waals surface area contributed by atoms with Crippen molar-refractivity contribution in [1.82, 2.24) is 4.90 Å². The van der Waals surface area contributed by atoms with Crippen molar-refractivity contribution >= 4 is 40.9 Å². The van der Waals surface area contributed by atoms with Crippen molar-refractivity contribution in [2.75, 3.05) is 49.8 Å². The van der Waals surface area contributed by atoms with Gasteiger partial charge in [0.2, 0.25) is 11.8 Å². The van der Waals surface area contributed by atoms with Crippen LogP contribution in [0, 0.1) is 17.8 Å². The Balaban J connectivity index is 1.54. The van der Waals surface area contributed by atoms with Gasteiger partial charge < -0.3 is 29.3 Å². The molecule has 3 aliphatic heterocycles. The number of anilines is 2. The lowest BCUT2D eigenvalue weighted by Gasteiger charge is -2.41. The molecular formula is C34H41N3O6S. The topological polar surface area (TPSA) is 99.6 Å². The molecule has 3 amide bonds. The number of carbonyl (C=O) groups is 3. The smallest absolute Gasteiger partial charge is 0.251 e. The van der Waals surface area contributed by atoms with Gasteiger partial charge >= 0.3 is 0 Å². The zero-order chi connectivity index (χ0) is 31.6. The zero-order valence-corrected chi connectivity index (χ0v) is 26.4. The van der Waals surface area contributed by atoms with E-state index in [2.05, 4.69) is 20.1 Å². The number of aliphatic hydroxyl groups excluding tert-OH is 1. The summed E-state index contributed by atoms with van der Waals surface area (Å²) >= 11 is 1.61. The quantitative estimate of drug-likeness (QED) is 0.336. The van der Waals surface area contributed by atoms with Crippen molar-refractivity contribution in [3.05, 3.63) is 73.8 Å². The van der Waals surface area contributed by atoms with Gasteiger partial charge in [-0.15, -0.1) is 24.9 Å². The Bertz CT molecular complexity index is 1400. The van der Waals surface area contributed by atoms with Crippen LogP contribution in [0.5, 0.6) is 11.5 Å². The lowest BCUT2D eigenvalue weighted by Crippen LogP contribution is -2.58. The molecule has 2 aromatic carbocycles. The Morgan fingerprint density at radius 2 is 1.59 bits per heavy atom. The highest BCUT2D eigenvalue weighted by Crippen LogP contribution is 2.69. The summed E-state index contributed by atoms with van der Waals surface area (Å²) in [6.07, 6.45) is 4.04. The molecule has 5 rings (SSSR count). The Labute approximate surface area is 263 Å². The van der Waals surface area contributed by atoms with Gasteiger partial charge in [0.25, 0.3) is 5.91 Å². The number of hydrogen-bond donors (Lipinski definition) is 1. The number of fused-ring (bicyclic) bond motifs is 1. The predicted octanol–water partition coefficient (Wildman–Crippen LogP) is 4.16. The van der Waals surface area contributed by atoms with Gasteiger partial charge in [0.05, 0.1) is 36.9 Å². The van der Waals surface area contributed by atoms with Crippen LogP contribution in [0.15, 0.2) is 73.8 Å². The van der Waals surface area contributed by atoms with Gasteiger partial charge in [0.15, 0.2) is 0 Å². The SMILES string of the molecule is C=CCN(C(=O)C1N(CCO)C(=O)[C@@H]2[C@H](C(=O)N(CC=C)c3ccc(OCC)cc3)[C@@H]3CC(C)C12S3)c1ccc(OC)cc1. The fourth-order valence-corrected chi connectivity index (χ4v) is 9.72. The van der Waals surface area contributed by atoms with Crippen LogP contribution in [-0.4, -0.2) is 83.7 Å². The number of benzene rings is 2. The molecule has 3 saturated heterocycles. The van der Waals surface area contributed by atoms with E-state index in [1.807, 2.05) is 43.3 Å². The second-order valence-electron chi connectivity index (χ2n) is 11.4. The average Bonchev–Trinajstić information content (AvgIpc) is 3.62. The van der Waals surface area contributed by atoms with E-state index in [-0.39, 0.29) is 55.1 Å². The number of likely N-dealkylation sites (tertiary alicyclic amines) is 1. The molecule has 2 bridgehead atoms. The van der Waals surface area contributed by atoms with Crippen LogP contribution in [-0.2, 0) is 14.4 Å². The van der Waals surface area contributed by atoms with E-state index in [4.69, 9.17) is 9.47 Å². The van der Waals surface area contributed by atoms with E-state index in [9.17, 15) is 19.5 Å². The van der Waals surface area contributed by atoms with Crippen molar-refractivity contribution in [3.63, 3.8) is 0 Å². The highest BCUT2D eigenvalue weighted by atomic mass is 32.2. The van der Waals surface area contributed by atoms with Crippen LogP contribution >= 0.6 is 11.8 Å². The molecule has 10 heteroatoms. The fourth-order valence-electron chi connectivity index (χ4n) is 7.31. The van der Waals surface area contributed by atoms with Gasteiger partial charge in [-0.2, -0.15) is 0 Å². The molecule has 2 aromatic rings. The number of aliphatic hydroxyl groups is 1. The highest BCUT2D eigenvalue weighted by molar-refractivity contribution is 8.02. The first-order valence-electron chi connectivity index (χ1n) is 15.1. The van der Waals surface area contributed by atoms with Gasteiger partial charge in [0, 0.05) is 36.3 Å². The van der Waals surface area contributed by atoms with Crippen molar-refractivity contribution in [3.8, 4) is 11.5 Å². The molecule has 44 heavy (non-hydrogen) atoms. The minimum absolute atomic E-state index is 0.00610. The van der Waals surface area contributed by atoms with E-state index < -0.39 is 22.6 Å². The van der Waals surface area contributed by atoms with E-state index in [0.29, 0.717) is 35.9 Å². The van der Waals surface area contributed by atoms with Gasteiger partial charge in [-0.05, 0) is 67.8 Å². The minimum Gasteiger partial charge on any atom is -0.497 e. The van der Waals surface area contributed by atoms with E-state index in [0.717, 1.165) is 0 Å². The van der Waals surface area contributed by atoms with Crippen LogP contribution in [0.3, 0.4) is 0 Å². The number of β-amino-alcohol motifs (C(OH)–C–C–N with tert-alkyl or cyclic N) is 1. The van der Waals surface area contributed by atoms with Gasteiger partial charge in [-0.3, -0.25) is 14.4 Å². The van der Waals surface area contributed by atoms with Crippen LogP contribution in [0.4, 0.5) is 11.4 Å². The third-order valence-corrected chi connectivity index (χ3v) is 11.2. The first-order chi connectivity index (χ1) is 21.3. The summed E-state index contributed by atoms with van der Waals surface area (Å²) in [6.45, 7) is 12.5. The van der Waals surface area contributed by atoms with Gasteiger partial charge in [-0.1, -0.05) is 19.1 Å². The maximum absolute atomic E-state index is 14.6. The van der Waals surface area contributed by atoms with Gasteiger partial charge in [0.1, 0.15) is 17.5 Å². The van der Waals surface area contributed by atoms with Crippen molar-refractivity contribution in [2.24, 2.45) is 17.8 Å². The summed E-state index contributed by atoms with van der Waals surface area (Å²) in [6, 6.07) is 13.7. The molecular weight excluding hydrogens is 578 g/mol. The molecule has 0 saturated carbocycles. The molecule has 0 aliphatic carbocycles. The monoisotopic (exact) mass is 619 g/mol. The number of methoxy groups -OCH3 is 1. The summed E-state index contributed by atoms with van der Waals surface area (Å²) in [5.41, 5.74) is 1.34. The van der Waals surface area contributed by atoms with Crippen molar-refractivity contribution in [2.45, 2.75) is 36.3 Å². The fraction of sp³-hybridized carbons (Fsp3) is 0.441. The number of carbonyl (C=O) groups excluding carboxylic acids is 3. The summed E-state index contributed by atoms with van der Waals surface area (Å²) in [4.78, 5) is 48.3. The molecule has 6 atom stereocenters. The Hall–Kier alpha value is -3.76. The molecule has 0 radical (unpaired) electrons. The molecule has 1 N–H and O–H groups in total. The highest BCUT2D eigenvalue weighted by Gasteiger charge is 2.76. The molecule has 3 aliphatic rings. The second-order valence-corrected chi connectivity index (χ2v) is 13.0. The molecule has 3 heterocycles. The number of rotatable bonds is 13. The molecule has 3 unspecified atom stereocenters. The first-order valence-corrected chi connectivity index (χ1v) is 16.0. The average molecular weight is 620 g/mol. The third-order valence-electron chi connectivity index (χ3n) is 9.10. The molecule has 0 aromatic heterocycles. The largest absolute Gasteiger partial charge is 0.497 e. The molecule has 3 fully saturated rings. The van der Waals surface area contributed by atoms with Crippen molar-refractivity contribution in [1.29, 1.82) is 0 Å². The number of thioether (sulfide) groups is 1. The Morgan fingerprint density at radius 1 is 1.02 bits per heavy atom. The number of amides is 3. The van der Waals surface area contributed by atoms with E-state index >= 15 is 0 Å². The second kappa shape index (κ2) is 13.1. The van der Waals surface area contributed by atoms with Crippen LogP contribution in [0.25, 0.3) is 0 Å². The van der Waals surface area contributed by atoms with E-state index in [1.165, 1.54) is 4.90 Å². The maximum Gasteiger partial charge on any atom is 0.251 e. The molecule has 234 valence electrons. The Morgan fingerprint density at radius 3 is 2.11 bits per heavy atom. The molecule has 1 spiro atoms. The molecule has 9 nitrogen and oxygen atoms in total. The van der Waals surface area contributed by atoms with E-state index in [1.54, 1.807) is 53.0 Å². The lowest BCUT2D eigenvalue weighted by atomic mass is 9.65. The lowest BCUT2D eigenvalue weighted by molar-refractivity contribution is -0.139. The summed E-state index contributed by atoms with van der Waals surface area (Å²) in [7, 11) is 1.58. The summed E-state index contributed by atoms with van der Waals surface area (Å²) in [5.74, 6) is -0.625. The van der Waals surface area contributed by atoms with Crippen LogP contribution < -0.4 is 19.3 Å². The number of ether oxygens (including phenoxy) is 2. The minimum atomic E-state index is -0.852. The van der Waals surface area contributed by atoms with Crippen molar-refractivity contribution < 1.29 is 29.0 Å². The summed E-state index contributed by atoms with van der Waals surface area (Å²) < 4.78 is 10.1. The third kappa shape index (κ3) is 5.17. The Kier molecular flexibility index (Phi) is 9.41. The predicted molar refractivity (Wildman–Crippen MR) is 173 cm³/mol. The van der Waals surface area contributed by atoms with Crippen LogP contribution in [0.2, 0.25) is 0 Å². The number of hydrogen-bond acceptors (Lipinski definition) is 7. The van der Waals surface area contributed by atoms with Crippen LogP contribution in [0.1, 0.15) is 20.3 Å². The first kappa shape index (κ1) is 31.7. The summed E-state index contributed by atoms with van der Waals surface area (Å²) in [5, 5.41) is 9.92. The maximum atomic E-state index is 14.6. The normalized spacial score (nSPS) is 26.7. The number of nitrogens with zero attached hydrogens (tertiary/aromatic N) is 3.